The third-order valence-corrected chi connectivity index (χ3v) is 6.98. The Morgan fingerprint density at radius 1 is 1.16 bits per heavy atom. The molecular weight excluding hydrogens is 258 g/mol. The van der Waals surface area contributed by atoms with Gasteiger partial charge in [0.15, 0.2) is 9.84 Å². The highest BCUT2D eigenvalue weighted by Gasteiger charge is 2.44. The fraction of sp³-hybridized carbons (Fsp3) is 1.00. The highest BCUT2D eigenvalue weighted by atomic mass is 32.2. The Hall–Kier alpha value is -0.0900. The van der Waals surface area contributed by atoms with E-state index >= 15 is 0 Å². The molecule has 1 aliphatic rings. The van der Waals surface area contributed by atoms with Crippen LogP contribution in [-0.2, 0) is 9.84 Å². The van der Waals surface area contributed by atoms with Gasteiger partial charge in [0.1, 0.15) is 0 Å². The molecule has 0 aliphatic heterocycles. The second kappa shape index (κ2) is 6.13. The summed E-state index contributed by atoms with van der Waals surface area (Å²) in [6, 6.07) is 0.0534. The minimum absolute atomic E-state index is 0.0534. The van der Waals surface area contributed by atoms with E-state index in [0.29, 0.717) is 17.8 Å². The van der Waals surface area contributed by atoms with Crippen molar-refractivity contribution in [2.24, 2.45) is 17.8 Å². The number of nitrogens with one attached hydrogen (secondary N) is 1. The van der Waals surface area contributed by atoms with E-state index in [0.717, 1.165) is 19.4 Å². The second-order valence-corrected chi connectivity index (χ2v) is 9.69. The van der Waals surface area contributed by atoms with Crippen LogP contribution in [0.4, 0.5) is 0 Å². The van der Waals surface area contributed by atoms with Gasteiger partial charge in [0.05, 0.1) is 4.75 Å². The highest BCUT2D eigenvalue weighted by molar-refractivity contribution is 7.92. The first-order valence-electron chi connectivity index (χ1n) is 7.52. The number of hydrogen-bond acceptors (Lipinski definition) is 3. The first-order chi connectivity index (χ1) is 8.59. The van der Waals surface area contributed by atoms with E-state index in [1.54, 1.807) is 0 Å². The van der Waals surface area contributed by atoms with Crippen molar-refractivity contribution in [3.8, 4) is 0 Å². The standard InChI is InChI=1S/C15H31NO2S/c1-7-16-14(15(4,5)19(6,17)18)13-9-11(2)8-12(3)10-13/h11-14,16H,7-10H2,1-6H3. The lowest BCUT2D eigenvalue weighted by Crippen LogP contribution is -2.56. The van der Waals surface area contributed by atoms with Crippen LogP contribution in [0.1, 0.15) is 53.9 Å². The molecule has 1 N–H and O–H groups in total. The summed E-state index contributed by atoms with van der Waals surface area (Å²) in [5.41, 5.74) is 0. The predicted octanol–water partition coefficient (Wildman–Crippen LogP) is 2.86. The number of hydrogen-bond donors (Lipinski definition) is 1. The SMILES string of the molecule is CCNC(C1CC(C)CC(C)C1)C(C)(C)S(C)(=O)=O. The topological polar surface area (TPSA) is 46.2 Å². The molecule has 0 heterocycles. The third kappa shape index (κ3) is 3.94. The third-order valence-electron chi connectivity index (χ3n) is 4.82. The first kappa shape index (κ1) is 17.0. The summed E-state index contributed by atoms with van der Waals surface area (Å²) >= 11 is 0. The first-order valence-corrected chi connectivity index (χ1v) is 9.41. The maximum absolute atomic E-state index is 12.1. The molecular formula is C15H31NO2S. The Balaban J connectivity index is 3.00. The van der Waals surface area contributed by atoms with Gasteiger partial charge in [-0.05, 0) is 57.4 Å². The lowest BCUT2D eigenvalue weighted by Gasteiger charge is -2.43. The molecule has 0 aromatic heterocycles. The maximum atomic E-state index is 12.1. The fourth-order valence-corrected chi connectivity index (χ4v) is 4.45. The molecule has 1 rings (SSSR count). The van der Waals surface area contributed by atoms with Crippen molar-refractivity contribution in [3.63, 3.8) is 0 Å². The zero-order chi connectivity index (χ0) is 14.8. The predicted molar refractivity (Wildman–Crippen MR) is 82.1 cm³/mol. The summed E-state index contributed by atoms with van der Waals surface area (Å²) < 4.78 is 23.6. The summed E-state index contributed by atoms with van der Waals surface area (Å²) in [5, 5.41) is 3.46. The maximum Gasteiger partial charge on any atom is 0.154 e. The molecule has 19 heavy (non-hydrogen) atoms. The minimum Gasteiger partial charge on any atom is -0.312 e. The lowest BCUT2D eigenvalue weighted by molar-refractivity contribution is 0.159. The zero-order valence-corrected chi connectivity index (χ0v) is 14.2. The van der Waals surface area contributed by atoms with Crippen molar-refractivity contribution in [2.45, 2.75) is 64.7 Å². The molecule has 0 bridgehead atoms. The van der Waals surface area contributed by atoms with E-state index in [9.17, 15) is 8.42 Å². The lowest BCUT2D eigenvalue weighted by atomic mass is 9.71. The van der Waals surface area contributed by atoms with Crippen LogP contribution >= 0.6 is 0 Å². The molecule has 0 saturated heterocycles. The van der Waals surface area contributed by atoms with Crippen molar-refractivity contribution in [2.75, 3.05) is 12.8 Å². The van der Waals surface area contributed by atoms with Crippen molar-refractivity contribution in [1.29, 1.82) is 0 Å². The number of sulfone groups is 1. The van der Waals surface area contributed by atoms with Gasteiger partial charge in [0.2, 0.25) is 0 Å². The molecule has 0 radical (unpaired) electrons. The monoisotopic (exact) mass is 289 g/mol. The van der Waals surface area contributed by atoms with Crippen molar-refractivity contribution in [1.82, 2.24) is 5.32 Å². The van der Waals surface area contributed by atoms with E-state index in [1.807, 2.05) is 13.8 Å². The quantitative estimate of drug-likeness (QED) is 0.846. The van der Waals surface area contributed by atoms with Crippen LogP contribution in [0.2, 0.25) is 0 Å². The van der Waals surface area contributed by atoms with Gasteiger partial charge in [0.25, 0.3) is 0 Å². The molecule has 3 unspecified atom stereocenters. The second-order valence-electron chi connectivity index (χ2n) is 7.09. The van der Waals surface area contributed by atoms with Crippen LogP contribution in [0, 0.1) is 17.8 Å². The van der Waals surface area contributed by atoms with Crippen LogP contribution in [0.5, 0.6) is 0 Å². The normalized spacial score (nSPS) is 31.2. The van der Waals surface area contributed by atoms with Crippen LogP contribution < -0.4 is 5.32 Å². The average molecular weight is 289 g/mol. The van der Waals surface area contributed by atoms with Gasteiger partial charge >= 0.3 is 0 Å². The van der Waals surface area contributed by atoms with Gasteiger partial charge in [0, 0.05) is 12.3 Å². The van der Waals surface area contributed by atoms with Gasteiger partial charge < -0.3 is 5.32 Å². The smallest absolute Gasteiger partial charge is 0.154 e. The Morgan fingerprint density at radius 3 is 2.00 bits per heavy atom. The molecule has 0 amide bonds. The Kier molecular flexibility index (Phi) is 5.47. The molecule has 1 saturated carbocycles. The Bertz CT molecular complexity index is 379. The summed E-state index contributed by atoms with van der Waals surface area (Å²) in [7, 11) is -3.07. The zero-order valence-electron chi connectivity index (χ0n) is 13.4. The van der Waals surface area contributed by atoms with E-state index in [4.69, 9.17) is 0 Å². The van der Waals surface area contributed by atoms with Crippen LogP contribution in [0.3, 0.4) is 0 Å². The van der Waals surface area contributed by atoms with Crippen molar-refractivity contribution in [3.05, 3.63) is 0 Å². The largest absolute Gasteiger partial charge is 0.312 e. The van der Waals surface area contributed by atoms with Gasteiger partial charge in [-0.15, -0.1) is 0 Å². The van der Waals surface area contributed by atoms with E-state index in [-0.39, 0.29) is 6.04 Å². The van der Waals surface area contributed by atoms with Crippen LogP contribution in [0.15, 0.2) is 0 Å². The molecule has 1 aliphatic carbocycles. The molecule has 1 fully saturated rings. The molecule has 0 spiro atoms. The molecule has 0 aromatic carbocycles. The van der Waals surface area contributed by atoms with Crippen molar-refractivity contribution < 1.29 is 8.42 Å². The Morgan fingerprint density at radius 2 is 1.63 bits per heavy atom. The summed E-state index contributed by atoms with van der Waals surface area (Å²) in [5.74, 6) is 1.86. The average Bonchev–Trinajstić information content (AvgIpc) is 2.22. The summed E-state index contributed by atoms with van der Waals surface area (Å²) in [6.07, 6.45) is 4.92. The molecule has 0 aromatic rings. The van der Waals surface area contributed by atoms with Crippen LogP contribution in [-0.4, -0.2) is 32.0 Å². The van der Waals surface area contributed by atoms with Gasteiger partial charge in [-0.1, -0.05) is 20.8 Å². The Labute approximate surface area is 119 Å². The molecule has 3 atom stereocenters. The minimum atomic E-state index is -3.07. The molecule has 114 valence electrons. The van der Waals surface area contributed by atoms with Crippen LogP contribution in [0.25, 0.3) is 0 Å². The highest BCUT2D eigenvalue weighted by Crippen LogP contribution is 2.39. The number of rotatable bonds is 5. The van der Waals surface area contributed by atoms with E-state index in [2.05, 4.69) is 26.1 Å². The van der Waals surface area contributed by atoms with Crippen molar-refractivity contribution >= 4 is 9.84 Å². The van der Waals surface area contributed by atoms with E-state index < -0.39 is 14.6 Å². The fourth-order valence-electron chi connectivity index (χ4n) is 3.71. The van der Waals surface area contributed by atoms with Gasteiger partial charge in [-0.2, -0.15) is 0 Å². The summed E-state index contributed by atoms with van der Waals surface area (Å²) in [6.45, 7) is 11.2. The summed E-state index contributed by atoms with van der Waals surface area (Å²) in [4.78, 5) is 0. The van der Waals surface area contributed by atoms with Gasteiger partial charge in [-0.25, -0.2) is 8.42 Å². The molecule has 3 nitrogen and oxygen atoms in total. The van der Waals surface area contributed by atoms with E-state index in [1.165, 1.54) is 12.7 Å². The molecule has 4 heteroatoms. The van der Waals surface area contributed by atoms with Gasteiger partial charge in [-0.3, -0.25) is 0 Å².